The van der Waals surface area contributed by atoms with Gasteiger partial charge in [-0.3, -0.25) is 4.99 Å². The molecule has 1 aliphatic rings. The molecule has 0 amide bonds. The van der Waals surface area contributed by atoms with E-state index in [0.717, 1.165) is 31.3 Å². The van der Waals surface area contributed by atoms with Crippen LogP contribution in [-0.2, 0) is 4.74 Å². The molecule has 1 aliphatic heterocycles. The van der Waals surface area contributed by atoms with Crippen molar-refractivity contribution >= 4 is 16.9 Å². The molecule has 0 spiro atoms. The standard InChI is InChI=1S/C12H24N2OS/c1-12(2)9-14-11(16-10-12)13-7-5-4-6-8-15-3/h4-10H2,1-3H3,(H,13,14). The maximum Gasteiger partial charge on any atom is 0.156 e. The topological polar surface area (TPSA) is 33.6 Å². The lowest BCUT2D eigenvalue weighted by atomic mass is 9.97. The van der Waals surface area contributed by atoms with Crippen LogP contribution in [0.2, 0.25) is 0 Å². The lowest BCUT2D eigenvalue weighted by molar-refractivity contribution is 0.192. The summed E-state index contributed by atoms with van der Waals surface area (Å²) in [7, 11) is 1.76. The first-order valence-corrected chi connectivity index (χ1v) is 7.03. The minimum atomic E-state index is 0.369. The molecule has 4 heteroatoms. The molecule has 0 fully saturated rings. The zero-order valence-corrected chi connectivity index (χ0v) is 11.5. The average molecular weight is 244 g/mol. The number of rotatable bonds is 6. The monoisotopic (exact) mass is 244 g/mol. The van der Waals surface area contributed by atoms with Crippen molar-refractivity contribution in [1.82, 2.24) is 5.32 Å². The van der Waals surface area contributed by atoms with Crippen LogP contribution in [0.25, 0.3) is 0 Å². The number of ether oxygens (including phenoxy) is 1. The van der Waals surface area contributed by atoms with Crippen molar-refractivity contribution in [2.45, 2.75) is 33.1 Å². The van der Waals surface area contributed by atoms with Crippen molar-refractivity contribution in [2.75, 3.05) is 32.6 Å². The van der Waals surface area contributed by atoms with Crippen molar-refractivity contribution in [3.8, 4) is 0 Å². The number of hydrogen-bond donors (Lipinski definition) is 1. The van der Waals surface area contributed by atoms with Gasteiger partial charge in [-0.05, 0) is 24.7 Å². The van der Waals surface area contributed by atoms with Crippen LogP contribution in [0.15, 0.2) is 4.99 Å². The summed E-state index contributed by atoms with van der Waals surface area (Å²) in [5.41, 5.74) is 0.369. The number of aliphatic imine (C=N–C) groups is 1. The molecule has 0 bridgehead atoms. The third-order valence-corrected chi connectivity index (χ3v) is 4.02. The number of hydrogen-bond acceptors (Lipinski definition) is 4. The molecular formula is C12H24N2OS. The van der Waals surface area contributed by atoms with Gasteiger partial charge in [0.2, 0.25) is 0 Å². The second-order valence-electron chi connectivity index (χ2n) is 5.05. The van der Waals surface area contributed by atoms with Crippen LogP contribution in [0.4, 0.5) is 0 Å². The van der Waals surface area contributed by atoms with E-state index in [9.17, 15) is 0 Å². The van der Waals surface area contributed by atoms with E-state index >= 15 is 0 Å². The van der Waals surface area contributed by atoms with Crippen molar-refractivity contribution in [3.63, 3.8) is 0 Å². The molecule has 0 atom stereocenters. The minimum absolute atomic E-state index is 0.369. The zero-order chi connectivity index (χ0) is 11.9. The van der Waals surface area contributed by atoms with E-state index in [2.05, 4.69) is 24.2 Å². The van der Waals surface area contributed by atoms with Gasteiger partial charge in [-0.2, -0.15) is 0 Å². The predicted molar refractivity (Wildman–Crippen MR) is 72.3 cm³/mol. The van der Waals surface area contributed by atoms with E-state index < -0.39 is 0 Å². The second-order valence-corrected chi connectivity index (χ2v) is 6.02. The molecule has 1 N–H and O–H groups in total. The van der Waals surface area contributed by atoms with E-state index in [0.29, 0.717) is 5.41 Å². The van der Waals surface area contributed by atoms with Crippen LogP contribution in [0, 0.1) is 5.41 Å². The van der Waals surface area contributed by atoms with Crippen LogP contribution >= 0.6 is 11.8 Å². The van der Waals surface area contributed by atoms with Gasteiger partial charge >= 0.3 is 0 Å². The molecular weight excluding hydrogens is 220 g/mol. The molecule has 0 saturated heterocycles. The Morgan fingerprint density at radius 1 is 1.38 bits per heavy atom. The highest BCUT2D eigenvalue weighted by Crippen LogP contribution is 2.26. The fraction of sp³-hybridized carbons (Fsp3) is 0.917. The van der Waals surface area contributed by atoms with Gasteiger partial charge in [-0.25, -0.2) is 0 Å². The minimum Gasteiger partial charge on any atom is -0.385 e. The van der Waals surface area contributed by atoms with E-state index in [1.165, 1.54) is 18.6 Å². The zero-order valence-electron chi connectivity index (χ0n) is 10.7. The summed E-state index contributed by atoms with van der Waals surface area (Å²) >= 11 is 1.85. The highest BCUT2D eigenvalue weighted by molar-refractivity contribution is 8.13. The normalized spacial score (nSPS) is 19.3. The molecule has 16 heavy (non-hydrogen) atoms. The van der Waals surface area contributed by atoms with E-state index in [1.807, 2.05) is 11.8 Å². The Morgan fingerprint density at radius 3 is 2.81 bits per heavy atom. The third-order valence-electron chi connectivity index (χ3n) is 2.55. The quantitative estimate of drug-likeness (QED) is 0.729. The van der Waals surface area contributed by atoms with Crippen molar-refractivity contribution in [1.29, 1.82) is 0 Å². The third kappa shape index (κ3) is 5.75. The number of thioether (sulfide) groups is 1. The fourth-order valence-electron chi connectivity index (χ4n) is 1.49. The Balaban J connectivity index is 2.04. The van der Waals surface area contributed by atoms with Crippen molar-refractivity contribution < 1.29 is 4.74 Å². The van der Waals surface area contributed by atoms with Gasteiger partial charge < -0.3 is 10.1 Å². The van der Waals surface area contributed by atoms with Crippen LogP contribution in [0.3, 0.4) is 0 Å². The highest BCUT2D eigenvalue weighted by atomic mass is 32.2. The number of methoxy groups -OCH3 is 1. The average Bonchev–Trinajstić information content (AvgIpc) is 2.25. The predicted octanol–water partition coefficient (Wildman–Crippen LogP) is 2.52. The summed E-state index contributed by atoms with van der Waals surface area (Å²) in [5.74, 6) is 1.17. The second kappa shape index (κ2) is 7.17. The molecule has 0 aromatic rings. The SMILES string of the molecule is COCCCCCNC1=NCC(C)(C)CS1. The highest BCUT2D eigenvalue weighted by Gasteiger charge is 2.22. The number of amidine groups is 1. The number of nitrogens with zero attached hydrogens (tertiary/aromatic N) is 1. The van der Waals surface area contributed by atoms with Gasteiger partial charge in [0, 0.05) is 32.6 Å². The van der Waals surface area contributed by atoms with Crippen molar-refractivity contribution in [2.24, 2.45) is 10.4 Å². The van der Waals surface area contributed by atoms with Gasteiger partial charge in [-0.1, -0.05) is 25.6 Å². The molecule has 0 aromatic carbocycles. The molecule has 94 valence electrons. The lowest BCUT2D eigenvalue weighted by Crippen LogP contribution is -2.31. The Labute approximate surface area is 103 Å². The van der Waals surface area contributed by atoms with E-state index in [1.54, 1.807) is 7.11 Å². The molecule has 0 saturated carbocycles. The summed E-state index contributed by atoms with van der Waals surface area (Å²) in [5, 5.41) is 4.54. The summed E-state index contributed by atoms with van der Waals surface area (Å²) < 4.78 is 5.01. The van der Waals surface area contributed by atoms with Crippen molar-refractivity contribution in [3.05, 3.63) is 0 Å². The van der Waals surface area contributed by atoms with Gasteiger partial charge in [0.25, 0.3) is 0 Å². The fourth-order valence-corrected chi connectivity index (χ4v) is 2.47. The number of unbranched alkanes of at least 4 members (excludes halogenated alkanes) is 2. The first-order chi connectivity index (χ1) is 7.64. The maximum atomic E-state index is 5.01. The van der Waals surface area contributed by atoms with Gasteiger partial charge in [0.1, 0.15) is 0 Å². The first kappa shape index (κ1) is 13.8. The van der Waals surface area contributed by atoms with E-state index in [-0.39, 0.29) is 0 Å². The molecule has 1 rings (SSSR count). The van der Waals surface area contributed by atoms with Gasteiger partial charge in [0.05, 0.1) is 0 Å². The first-order valence-electron chi connectivity index (χ1n) is 6.04. The molecule has 3 nitrogen and oxygen atoms in total. The van der Waals surface area contributed by atoms with E-state index in [4.69, 9.17) is 4.74 Å². The van der Waals surface area contributed by atoms with Gasteiger partial charge in [-0.15, -0.1) is 0 Å². The van der Waals surface area contributed by atoms with Crippen LogP contribution in [0.5, 0.6) is 0 Å². The molecule has 0 radical (unpaired) electrons. The molecule has 0 unspecified atom stereocenters. The summed E-state index contributed by atoms with van der Waals surface area (Å²) in [6.45, 7) is 7.40. The lowest BCUT2D eigenvalue weighted by Gasteiger charge is -2.27. The van der Waals surface area contributed by atoms with Gasteiger partial charge in [0.15, 0.2) is 5.17 Å². The largest absolute Gasteiger partial charge is 0.385 e. The Kier molecular flexibility index (Phi) is 6.21. The van der Waals surface area contributed by atoms with Crippen LogP contribution in [-0.4, -0.2) is 37.7 Å². The molecule has 0 aromatic heterocycles. The summed E-state index contributed by atoms with van der Waals surface area (Å²) in [6, 6.07) is 0. The summed E-state index contributed by atoms with van der Waals surface area (Å²) in [4.78, 5) is 4.56. The molecule has 0 aliphatic carbocycles. The van der Waals surface area contributed by atoms with Crippen LogP contribution in [0.1, 0.15) is 33.1 Å². The molecule has 1 heterocycles. The maximum absolute atomic E-state index is 5.01. The summed E-state index contributed by atoms with van der Waals surface area (Å²) in [6.07, 6.45) is 3.58. The number of nitrogens with one attached hydrogen (secondary N) is 1. The smallest absolute Gasteiger partial charge is 0.156 e. The Hall–Kier alpha value is -0.220. The Morgan fingerprint density at radius 2 is 2.19 bits per heavy atom. The Bertz CT molecular complexity index is 229. The van der Waals surface area contributed by atoms with Crippen LogP contribution < -0.4 is 5.32 Å².